The van der Waals surface area contributed by atoms with Gasteiger partial charge in [-0.3, -0.25) is 9.69 Å². The minimum atomic E-state index is -0.202. The van der Waals surface area contributed by atoms with Gasteiger partial charge < -0.3 is 10.1 Å². The number of rotatable bonds is 2. The topological polar surface area (TPSA) is 41.6 Å². The number of nitrogens with one attached hydrogen (secondary N) is 1. The summed E-state index contributed by atoms with van der Waals surface area (Å²) in [7, 11) is 1.51. The predicted octanol–water partition coefficient (Wildman–Crippen LogP) is 3.92. The van der Waals surface area contributed by atoms with Gasteiger partial charge in [-0.25, -0.2) is 0 Å². The van der Waals surface area contributed by atoms with Crippen molar-refractivity contribution < 1.29 is 9.53 Å². The van der Waals surface area contributed by atoms with E-state index in [9.17, 15) is 4.79 Å². The second-order valence-electron chi connectivity index (χ2n) is 4.51. The molecule has 0 saturated carbocycles. The molecule has 2 aromatic carbocycles. The van der Waals surface area contributed by atoms with E-state index in [1.165, 1.54) is 13.2 Å². The first-order chi connectivity index (χ1) is 10.2. The number of nitrogens with zero attached hydrogens (tertiary/aromatic N) is 1. The van der Waals surface area contributed by atoms with Crippen LogP contribution >= 0.6 is 11.6 Å². The van der Waals surface area contributed by atoms with E-state index in [-0.39, 0.29) is 5.91 Å². The van der Waals surface area contributed by atoms with Crippen molar-refractivity contribution in [1.82, 2.24) is 0 Å². The number of benzene rings is 2. The molecule has 0 unspecified atom stereocenters. The quantitative estimate of drug-likeness (QED) is 0.914. The van der Waals surface area contributed by atoms with E-state index >= 15 is 0 Å². The van der Waals surface area contributed by atoms with Crippen LogP contribution in [-0.2, 0) is 9.53 Å². The Morgan fingerprint density at radius 2 is 1.90 bits per heavy atom. The SMILES string of the molecule is COC1=CC(=O)N(c2ccccc2)c2cc(Cl)ccc2N1. The van der Waals surface area contributed by atoms with Gasteiger partial charge in [0.15, 0.2) is 5.88 Å². The van der Waals surface area contributed by atoms with E-state index in [2.05, 4.69) is 5.32 Å². The molecule has 1 aliphatic heterocycles. The summed E-state index contributed by atoms with van der Waals surface area (Å²) < 4.78 is 5.18. The molecule has 1 N–H and O–H groups in total. The Morgan fingerprint density at radius 3 is 2.62 bits per heavy atom. The molecular weight excluding hydrogens is 288 g/mol. The van der Waals surface area contributed by atoms with Gasteiger partial charge in [-0.05, 0) is 30.3 Å². The van der Waals surface area contributed by atoms with Crippen LogP contribution in [0.5, 0.6) is 0 Å². The summed E-state index contributed by atoms with van der Waals surface area (Å²) in [5.41, 5.74) is 2.20. The van der Waals surface area contributed by atoms with Crippen molar-refractivity contribution in [2.24, 2.45) is 0 Å². The molecule has 1 heterocycles. The zero-order valence-corrected chi connectivity index (χ0v) is 12.1. The van der Waals surface area contributed by atoms with Gasteiger partial charge in [-0.1, -0.05) is 29.8 Å². The molecular formula is C16H13ClN2O2. The van der Waals surface area contributed by atoms with Crippen LogP contribution in [0.3, 0.4) is 0 Å². The van der Waals surface area contributed by atoms with Gasteiger partial charge in [0.1, 0.15) is 0 Å². The van der Waals surface area contributed by atoms with Crippen molar-refractivity contribution in [2.75, 3.05) is 17.3 Å². The van der Waals surface area contributed by atoms with Gasteiger partial charge in [0.2, 0.25) is 0 Å². The second-order valence-corrected chi connectivity index (χ2v) is 4.94. The van der Waals surface area contributed by atoms with Crippen LogP contribution in [-0.4, -0.2) is 13.0 Å². The molecule has 0 fully saturated rings. The monoisotopic (exact) mass is 300 g/mol. The molecule has 0 bridgehead atoms. The molecule has 0 aliphatic carbocycles. The number of anilines is 3. The molecule has 3 rings (SSSR count). The maximum atomic E-state index is 12.5. The lowest BCUT2D eigenvalue weighted by molar-refractivity contribution is -0.113. The van der Waals surface area contributed by atoms with E-state index < -0.39 is 0 Å². The molecule has 5 heteroatoms. The number of carbonyl (C=O) groups excluding carboxylic acids is 1. The van der Waals surface area contributed by atoms with Gasteiger partial charge in [-0.2, -0.15) is 0 Å². The standard InChI is InChI=1S/C16H13ClN2O2/c1-21-15-10-16(20)19(12-5-3-2-4-6-12)14-9-11(17)7-8-13(14)18-15/h2-10,18H,1H3. The molecule has 4 nitrogen and oxygen atoms in total. The fourth-order valence-corrected chi connectivity index (χ4v) is 2.38. The Balaban J connectivity index is 2.20. The molecule has 0 spiro atoms. The van der Waals surface area contributed by atoms with Crippen molar-refractivity contribution in [1.29, 1.82) is 0 Å². The lowest BCUT2D eigenvalue weighted by Gasteiger charge is -2.22. The lowest BCUT2D eigenvalue weighted by Crippen LogP contribution is -2.23. The third-order valence-electron chi connectivity index (χ3n) is 3.17. The summed E-state index contributed by atoms with van der Waals surface area (Å²) in [6, 6.07) is 14.7. The highest BCUT2D eigenvalue weighted by atomic mass is 35.5. The largest absolute Gasteiger partial charge is 0.482 e. The lowest BCUT2D eigenvalue weighted by atomic mass is 10.2. The number of carbonyl (C=O) groups is 1. The van der Waals surface area contributed by atoms with Gasteiger partial charge in [0.05, 0.1) is 24.6 Å². The minimum Gasteiger partial charge on any atom is -0.482 e. The molecule has 1 amide bonds. The minimum absolute atomic E-state index is 0.202. The van der Waals surface area contributed by atoms with Crippen LogP contribution in [0, 0.1) is 0 Å². The number of ether oxygens (including phenoxy) is 1. The van der Waals surface area contributed by atoms with Crippen LogP contribution < -0.4 is 10.2 Å². The first-order valence-electron chi connectivity index (χ1n) is 6.40. The van der Waals surface area contributed by atoms with Crippen molar-refractivity contribution in [3.8, 4) is 0 Å². The van der Waals surface area contributed by atoms with Gasteiger partial charge in [0, 0.05) is 10.7 Å². The van der Waals surface area contributed by atoms with Gasteiger partial charge in [-0.15, -0.1) is 0 Å². The first kappa shape index (κ1) is 13.5. The first-order valence-corrected chi connectivity index (χ1v) is 6.78. The van der Waals surface area contributed by atoms with Crippen LogP contribution in [0.1, 0.15) is 0 Å². The number of amides is 1. The highest BCUT2D eigenvalue weighted by Gasteiger charge is 2.24. The number of methoxy groups -OCH3 is 1. The Morgan fingerprint density at radius 1 is 1.14 bits per heavy atom. The molecule has 0 saturated heterocycles. The van der Waals surface area contributed by atoms with Crippen molar-refractivity contribution in [3.63, 3.8) is 0 Å². The normalized spacial score (nSPS) is 13.9. The van der Waals surface area contributed by atoms with Gasteiger partial charge >= 0.3 is 0 Å². The molecule has 0 aromatic heterocycles. The number of para-hydroxylation sites is 1. The summed E-state index contributed by atoms with van der Waals surface area (Å²) in [6.45, 7) is 0. The molecule has 1 aliphatic rings. The maximum Gasteiger partial charge on any atom is 0.260 e. The van der Waals surface area contributed by atoms with Crippen LogP contribution in [0.4, 0.5) is 17.1 Å². The smallest absolute Gasteiger partial charge is 0.260 e. The summed E-state index contributed by atoms with van der Waals surface area (Å²) >= 11 is 6.09. The van der Waals surface area contributed by atoms with Crippen molar-refractivity contribution >= 4 is 34.6 Å². The highest BCUT2D eigenvalue weighted by molar-refractivity contribution is 6.31. The molecule has 0 radical (unpaired) electrons. The fourth-order valence-electron chi connectivity index (χ4n) is 2.21. The highest BCUT2D eigenvalue weighted by Crippen LogP contribution is 2.37. The fraction of sp³-hybridized carbons (Fsp3) is 0.0625. The predicted molar refractivity (Wildman–Crippen MR) is 83.8 cm³/mol. The van der Waals surface area contributed by atoms with Crippen molar-refractivity contribution in [3.05, 3.63) is 65.5 Å². The summed E-state index contributed by atoms with van der Waals surface area (Å²) in [5, 5.41) is 3.64. The third kappa shape index (κ3) is 2.58. The Hall–Kier alpha value is -2.46. The number of hydrogen-bond acceptors (Lipinski definition) is 3. The van der Waals surface area contributed by atoms with E-state index in [1.807, 2.05) is 36.4 Å². The number of hydrogen-bond donors (Lipinski definition) is 1. The summed E-state index contributed by atoms with van der Waals surface area (Å²) in [4.78, 5) is 14.1. The molecule has 106 valence electrons. The van der Waals surface area contributed by atoms with Crippen LogP contribution in [0.25, 0.3) is 0 Å². The number of fused-ring (bicyclic) bond motifs is 1. The third-order valence-corrected chi connectivity index (χ3v) is 3.40. The zero-order chi connectivity index (χ0) is 14.8. The maximum absolute atomic E-state index is 12.5. The molecule has 21 heavy (non-hydrogen) atoms. The Bertz CT molecular complexity index is 713. The molecule has 0 atom stereocenters. The Kier molecular flexibility index (Phi) is 3.54. The zero-order valence-electron chi connectivity index (χ0n) is 11.3. The van der Waals surface area contributed by atoms with Gasteiger partial charge in [0.25, 0.3) is 5.91 Å². The van der Waals surface area contributed by atoms with E-state index in [0.717, 1.165) is 11.4 Å². The average Bonchev–Trinajstić information content (AvgIpc) is 2.63. The van der Waals surface area contributed by atoms with E-state index in [0.29, 0.717) is 16.6 Å². The van der Waals surface area contributed by atoms with Crippen LogP contribution in [0.15, 0.2) is 60.5 Å². The average molecular weight is 301 g/mol. The second kappa shape index (κ2) is 5.50. The molecule has 2 aromatic rings. The van der Waals surface area contributed by atoms with E-state index in [4.69, 9.17) is 16.3 Å². The summed E-state index contributed by atoms with van der Waals surface area (Å²) in [6.07, 6.45) is 1.42. The van der Waals surface area contributed by atoms with E-state index in [1.54, 1.807) is 17.0 Å². The Labute approximate surface area is 127 Å². The summed E-state index contributed by atoms with van der Waals surface area (Å²) in [5.74, 6) is 0.188. The van der Waals surface area contributed by atoms with Crippen LogP contribution in [0.2, 0.25) is 5.02 Å². The number of halogens is 1. The van der Waals surface area contributed by atoms with Crippen molar-refractivity contribution in [2.45, 2.75) is 0 Å².